The monoisotopic (exact) mass is 281 g/mol. The van der Waals surface area contributed by atoms with Gasteiger partial charge in [-0.05, 0) is 49.2 Å². The molecule has 0 bridgehead atoms. The Bertz CT molecular complexity index is 599. The van der Waals surface area contributed by atoms with Gasteiger partial charge in [-0.25, -0.2) is 8.78 Å². The lowest BCUT2D eigenvalue weighted by Crippen LogP contribution is -2.08. The number of hydrogen-bond acceptors (Lipinski definition) is 1. The van der Waals surface area contributed by atoms with E-state index in [2.05, 4.69) is 5.32 Å². The van der Waals surface area contributed by atoms with Crippen molar-refractivity contribution in [3.63, 3.8) is 0 Å². The maximum Gasteiger partial charge on any atom is 0.146 e. The zero-order valence-corrected chi connectivity index (χ0v) is 11.4. The van der Waals surface area contributed by atoms with Crippen LogP contribution in [0.15, 0.2) is 36.4 Å². The van der Waals surface area contributed by atoms with Crippen LogP contribution in [0.4, 0.5) is 14.5 Å². The Balaban J connectivity index is 2.22. The number of benzene rings is 2. The first kappa shape index (κ1) is 13.8. The average molecular weight is 282 g/mol. The molecule has 1 N–H and O–H groups in total. The molecule has 0 aliphatic heterocycles. The van der Waals surface area contributed by atoms with Crippen LogP contribution in [0.2, 0.25) is 5.02 Å². The lowest BCUT2D eigenvalue weighted by Gasteiger charge is -2.17. The molecule has 0 heterocycles. The lowest BCUT2D eigenvalue weighted by atomic mass is 10.1. The van der Waals surface area contributed by atoms with Crippen LogP contribution >= 0.6 is 11.6 Å². The van der Waals surface area contributed by atoms with Gasteiger partial charge >= 0.3 is 0 Å². The molecular weight excluding hydrogens is 268 g/mol. The Morgan fingerprint density at radius 1 is 1.05 bits per heavy atom. The van der Waals surface area contributed by atoms with Crippen LogP contribution in [0.5, 0.6) is 0 Å². The summed E-state index contributed by atoms with van der Waals surface area (Å²) in [5, 5.41) is 3.11. The van der Waals surface area contributed by atoms with Crippen molar-refractivity contribution in [3.05, 3.63) is 64.2 Å². The van der Waals surface area contributed by atoms with E-state index in [9.17, 15) is 8.78 Å². The molecule has 0 spiro atoms. The van der Waals surface area contributed by atoms with Crippen LogP contribution in [0.25, 0.3) is 0 Å². The van der Waals surface area contributed by atoms with Gasteiger partial charge in [-0.3, -0.25) is 0 Å². The first-order chi connectivity index (χ1) is 8.97. The Morgan fingerprint density at radius 2 is 1.79 bits per heavy atom. The van der Waals surface area contributed by atoms with E-state index < -0.39 is 5.82 Å². The number of halogens is 3. The van der Waals surface area contributed by atoms with Crippen molar-refractivity contribution < 1.29 is 8.78 Å². The zero-order valence-electron chi connectivity index (χ0n) is 10.7. The highest BCUT2D eigenvalue weighted by Gasteiger charge is 2.10. The van der Waals surface area contributed by atoms with Gasteiger partial charge in [0, 0.05) is 6.04 Å². The molecule has 4 heteroatoms. The molecule has 1 unspecified atom stereocenters. The van der Waals surface area contributed by atoms with Crippen LogP contribution < -0.4 is 5.32 Å². The number of nitrogens with one attached hydrogen (secondary N) is 1. The van der Waals surface area contributed by atoms with Crippen molar-refractivity contribution in [1.29, 1.82) is 0 Å². The van der Waals surface area contributed by atoms with E-state index in [-0.39, 0.29) is 16.9 Å². The Labute approximate surface area is 116 Å². The summed E-state index contributed by atoms with van der Waals surface area (Å²) in [5.74, 6) is -0.801. The normalized spacial score (nSPS) is 12.3. The SMILES string of the molecule is Cc1ccc(F)c(NC(C)c2ccc(Cl)c(F)c2)c1. The molecule has 0 saturated heterocycles. The largest absolute Gasteiger partial charge is 0.376 e. The van der Waals surface area contributed by atoms with Crippen molar-refractivity contribution in [2.75, 3.05) is 5.32 Å². The minimum Gasteiger partial charge on any atom is -0.376 e. The molecule has 0 aliphatic carbocycles. The molecule has 0 aromatic heterocycles. The summed E-state index contributed by atoms with van der Waals surface area (Å²) in [6, 6.07) is 9.18. The fourth-order valence-corrected chi connectivity index (χ4v) is 1.97. The van der Waals surface area contributed by atoms with Gasteiger partial charge in [0.15, 0.2) is 0 Å². The fraction of sp³-hybridized carbons (Fsp3) is 0.200. The van der Waals surface area contributed by atoms with Crippen LogP contribution in [0.1, 0.15) is 24.1 Å². The summed E-state index contributed by atoms with van der Waals surface area (Å²) in [6.45, 7) is 3.72. The molecule has 0 radical (unpaired) electrons. The van der Waals surface area contributed by atoms with Gasteiger partial charge in [0.05, 0.1) is 10.7 Å². The molecule has 0 fully saturated rings. The van der Waals surface area contributed by atoms with E-state index in [1.54, 1.807) is 18.2 Å². The molecule has 0 saturated carbocycles. The molecule has 1 nitrogen and oxygen atoms in total. The number of rotatable bonds is 3. The maximum atomic E-state index is 13.6. The van der Waals surface area contributed by atoms with Gasteiger partial charge in [0.25, 0.3) is 0 Å². The summed E-state index contributed by atoms with van der Waals surface area (Å²) in [6.07, 6.45) is 0. The van der Waals surface area contributed by atoms with Gasteiger partial charge in [-0.15, -0.1) is 0 Å². The average Bonchev–Trinajstić information content (AvgIpc) is 2.37. The topological polar surface area (TPSA) is 12.0 Å². The molecule has 19 heavy (non-hydrogen) atoms. The van der Waals surface area contributed by atoms with E-state index in [1.807, 2.05) is 13.8 Å². The third-order valence-electron chi connectivity index (χ3n) is 2.94. The van der Waals surface area contributed by atoms with Crippen LogP contribution in [-0.4, -0.2) is 0 Å². The molecule has 0 aliphatic rings. The fourth-order valence-electron chi connectivity index (χ4n) is 1.85. The summed E-state index contributed by atoms with van der Waals surface area (Å²) in [7, 11) is 0. The standard InChI is InChI=1S/C15H14ClF2N/c1-9-3-6-13(17)15(7-9)19-10(2)11-4-5-12(16)14(18)8-11/h3-8,10,19H,1-2H3. The van der Waals surface area contributed by atoms with Crippen molar-refractivity contribution in [3.8, 4) is 0 Å². The predicted molar refractivity (Wildman–Crippen MR) is 74.6 cm³/mol. The summed E-state index contributed by atoms with van der Waals surface area (Å²) in [5.41, 5.74) is 2.07. The Morgan fingerprint density at radius 3 is 2.47 bits per heavy atom. The third-order valence-corrected chi connectivity index (χ3v) is 3.24. The second-order valence-electron chi connectivity index (χ2n) is 4.52. The lowest BCUT2D eigenvalue weighted by molar-refractivity contribution is 0.621. The number of hydrogen-bond donors (Lipinski definition) is 1. The van der Waals surface area contributed by atoms with Crippen molar-refractivity contribution in [2.24, 2.45) is 0 Å². The van der Waals surface area contributed by atoms with Gasteiger partial charge in [-0.1, -0.05) is 23.7 Å². The Hall–Kier alpha value is -1.61. The van der Waals surface area contributed by atoms with E-state index in [0.29, 0.717) is 11.3 Å². The first-order valence-electron chi connectivity index (χ1n) is 5.95. The molecule has 2 rings (SSSR count). The summed E-state index contributed by atoms with van der Waals surface area (Å²) < 4.78 is 27.0. The molecule has 0 amide bonds. The van der Waals surface area contributed by atoms with Gasteiger partial charge in [-0.2, -0.15) is 0 Å². The van der Waals surface area contributed by atoms with Gasteiger partial charge < -0.3 is 5.32 Å². The second kappa shape index (κ2) is 5.57. The molecule has 2 aromatic rings. The van der Waals surface area contributed by atoms with Crippen molar-refractivity contribution in [2.45, 2.75) is 19.9 Å². The van der Waals surface area contributed by atoms with E-state index in [4.69, 9.17) is 11.6 Å². The molecule has 100 valence electrons. The van der Waals surface area contributed by atoms with Crippen molar-refractivity contribution >= 4 is 17.3 Å². The number of aryl methyl sites for hydroxylation is 1. The van der Waals surface area contributed by atoms with Crippen LogP contribution in [0, 0.1) is 18.6 Å². The van der Waals surface area contributed by atoms with E-state index in [0.717, 1.165) is 5.56 Å². The summed E-state index contributed by atoms with van der Waals surface area (Å²) in [4.78, 5) is 0. The minimum atomic E-state index is -0.475. The summed E-state index contributed by atoms with van der Waals surface area (Å²) >= 11 is 5.64. The smallest absolute Gasteiger partial charge is 0.146 e. The number of anilines is 1. The highest BCUT2D eigenvalue weighted by molar-refractivity contribution is 6.30. The van der Waals surface area contributed by atoms with Gasteiger partial charge in [0.2, 0.25) is 0 Å². The Kier molecular flexibility index (Phi) is 4.05. The van der Waals surface area contributed by atoms with E-state index in [1.165, 1.54) is 18.2 Å². The van der Waals surface area contributed by atoms with Crippen LogP contribution in [-0.2, 0) is 0 Å². The quantitative estimate of drug-likeness (QED) is 0.825. The van der Waals surface area contributed by atoms with Crippen molar-refractivity contribution in [1.82, 2.24) is 0 Å². The van der Waals surface area contributed by atoms with E-state index >= 15 is 0 Å². The molecular formula is C15H14ClF2N. The third kappa shape index (κ3) is 3.24. The maximum absolute atomic E-state index is 13.6. The van der Waals surface area contributed by atoms with Gasteiger partial charge in [0.1, 0.15) is 11.6 Å². The highest BCUT2D eigenvalue weighted by atomic mass is 35.5. The second-order valence-corrected chi connectivity index (χ2v) is 4.93. The molecule has 2 aromatic carbocycles. The predicted octanol–water partition coefficient (Wildman–Crippen LogP) is 5.10. The molecule has 1 atom stereocenters. The van der Waals surface area contributed by atoms with Crippen LogP contribution in [0.3, 0.4) is 0 Å². The minimum absolute atomic E-state index is 0.0812. The zero-order chi connectivity index (χ0) is 14.0. The highest BCUT2D eigenvalue weighted by Crippen LogP contribution is 2.25. The first-order valence-corrected chi connectivity index (χ1v) is 6.33.